The molecule has 0 aromatic heterocycles. The molecule has 0 saturated carbocycles. The summed E-state index contributed by atoms with van der Waals surface area (Å²) >= 11 is 0. The lowest BCUT2D eigenvalue weighted by Crippen LogP contribution is -2.14. The zero-order chi connectivity index (χ0) is 11.6. The van der Waals surface area contributed by atoms with E-state index >= 15 is 0 Å². The van der Waals surface area contributed by atoms with Gasteiger partial charge >= 0.3 is 0 Å². The summed E-state index contributed by atoms with van der Waals surface area (Å²) in [7, 11) is -3.48. The molecule has 0 heterocycles. The first-order chi connectivity index (χ1) is 7.12. The second-order valence-electron chi connectivity index (χ2n) is 3.58. The van der Waals surface area contributed by atoms with Gasteiger partial charge < -0.3 is 5.11 Å². The number of rotatable bonds is 10. The monoisotopic (exact) mass is 238 g/mol. The van der Waals surface area contributed by atoms with Gasteiger partial charge in [-0.05, 0) is 6.42 Å². The highest BCUT2D eigenvalue weighted by atomic mass is 32.2. The molecule has 0 fully saturated rings. The average molecular weight is 238 g/mol. The van der Waals surface area contributed by atoms with Gasteiger partial charge in [0.2, 0.25) is 0 Å². The second-order valence-corrected chi connectivity index (χ2v) is 5.33. The first-order valence-electron chi connectivity index (χ1n) is 5.60. The van der Waals surface area contributed by atoms with Gasteiger partial charge in [-0.25, -0.2) is 0 Å². The highest BCUT2D eigenvalue weighted by Crippen LogP contribution is 2.05. The molecule has 0 rings (SSSR count). The van der Waals surface area contributed by atoms with E-state index in [2.05, 4.69) is 11.1 Å². The minimum absolute atomic E-state index is 0.245. The summed E-state index contributed by atoms with van der Waals surface area (Å²) in [5, 5.41) is 8.44. The van der Waals surface area contributed by atoms with Crippen LogP contribution in [0.5, 0.6) is 0 Å². The van der Waals surface area contributed by atoms with E-state index in [-0.39, 0.29) is 19.0 Å². The van der Waals surface area contributed by atoms with E-state index in [4.69, 9.17) is 5.11 Å². The van der Waals surface area contributed by atoms with Crippen LogP contribution in [0.4, 0.5) is 0 Å². The molecule has 0 saturated heterocycles. The zero-order valence-corrected chi connectivity index (χ0v) is 10.3. The van der Waals surface area contributed by atoms with Crippen molar-refractivity contribution in [2.24, 2.45) is 0 Å². The van der Waals surface area contributed by atoms with Crippen molar-refractivity contribution in [2.45, 2.75) is 45.4 Å². The minimum atomic E-state index is -3.48. The highest BCUT2D eigenvalue weighted by molar-refractivity contribution is 7.86. The van der Waals surface area contributed by atoms with Gasteiger partial charge in [0.15, 0.2) is 0 Å². The number of hydrogen-bond acceptors (Lipinski definition) is 4. The molecule has 0 spiro atoms. The molecule has 4 nitrogen and oxygen atoms in total. The zero-order valence-electron chi connectivity index (χ0n) is 9.44. The van der Waals surface area contributed by atoms with Crippen molar-refractivity contribution in [3.05, 3.63) is 0 Å². The Morgan fingerprint density at radius 1 is 1.07 bits per heavy atom. The summed E-state index contributed by atoms with van der Waals surface area (Å²) in [6.07, 6.45) is 6.57. The van der Waals surface area contributed by atoms with Crippen LogP contribution in [-0.4, -0.2) is 32.5 Å². The van der Waals surface area contributed by atoms with Crippen LogP contribution in [0, 0.1) is 0 Å². The van der Waals surface area contributed by atoms with Crippen molar-refractivity contribution in [1.82, 2.24) is 0 Å². The summed E-state index contributed by atoms with van der Waals surface area (Å²) in [5.74, 6) is -0.303. The van der Waals surface area contributed by atoms with Crippen LogP contribution in [0.15, 0.2) is 0 Å². The third kappa shape index (κ3) is 10.2. The van der Waals surface area contributed by atoms with Crippen molar-refractivity contribution in [3.8, 4) is 0 Å². The van der Waals surface area contributed by atoms with E-state index in [0.717, 1.165) is 19.3 Å². The number of hydrogen-bond donors (Lipinski definition) is 1. The minimum Gasteiger partial charge on any atom is -0.395 e. The molecule has 0 aromatic rings. The van der Waals surface area contributed by atoms with Gasteiger partial charge in [0.05, 0.1) is 19.0 Å². The summed E-state index contributed by atoms with van der Waals surface area (Å²) in [6.45, 7) is 2.03. The Balaban J connectivity index is 3.31. The Labute approximate surface area is 92.8 Å². The SMILES string of the molecule is CCCCCCCCOS(=O)(=O)CCO. The fourth-order valence-corrected chi connectivity index (χ4v) is 1.95. The number of aliphatic hydroxyl groups is 1. The maximum Gasteiger partial charge on any atom is 0.269 e. The Morgan fingerprint density at radius 3 is 2.27 bits per heavy atom. The third-order valence-corrected chi connectivity index (χ3v) is 3.31. The highest BCUT2D eigenvalue weighted by Gasteiger charge is 2.08. The van der Waals surface area contributed by atoms with Crippen molar-refractivity contribution < 1.29 is 17.7 Å². The first-order valence-corrected chi connectivity index (χ1v) is 7.18. The van der Waals surface area contributed by atoms with Crippen LogP contribution < -0.4 is 0 Å². The van der Waals surface area contributed by atoms with Crippen LogP contribution in [0.3, 0.4) is 0 Å². The molecule has 15 heavy (non-hydrogen) atoms. The first kappa shape index (κ1) is 14.9. The van der Waals surface area contributed by atoms with Crippen molar-refractivity contribution >= 4 is 10.1 Å². The van der Waals surface area contributed by atoms with Gasteiger partial charge in [-0.15, -0.1) is 0 Å². The maximum atomic E-state index is 11.0. The van der Waals surface area contributed by atoms with E-state index in [1.54, 1.807) is 0 Å². The lowest BCUT2D eigenvalue weighted by Gasteiger charge is -2.03. The smallest absolute Gasteiger partial charge is 0.269 e. The van der Waals surface area contributed by atoms with Crippen LogP contribution >= 0.6 is 0 Å². The fraction of sp³-hybridized carbons (Fsp3) is 1.00. The van der Waals surface area contributed by atoms with Crippen LogP contribution in [0.25, 0.3) is 0 Å². The van der Waals surface area contributed by atoms with Gasteiger partial charge in [-0.3, -0.25) is 4.18 Å². The quantitative estimate of drug-likeness (QED) is 0.464. The van der Waals surface area contributed by atoms with Crippen LogP contribution in [-0.2, 0) is 14.3 Å². The topological polar surface area (TPSA) is 63.6 Å². The molecule has 0 aromatic carbocycles. The molecule has 0 amide bonds. The number of unbranched alkanes of at least 4 members (excludes halogenated alkanes) is 5. The lowest BCUT2D eigenvalue weighted by atomic mass is 10.1. The molecule has 0 atom stereocenters. The van der Waals surface area contributed by atoms with Gasteiger partial charge in [0, 0.05) is 0 Å². The third-order valence-electron chi connectivity index (χ3n) is 2.10. The van der Waals surface area contributed by atoms with E-state index in [1.165, 1.54) is 19.3 Å². The van der Waals surface area contributed by atoms with Crippen molar-refractivity contribution in [1.29, 1.82) is 0 Å². The van der Waals surface area contributed by atoms with E-state index in [0.29, 0.717) is 0 Å². The molecule has 1 N–H and O–H groups in total. The largest absolute Gasteiger partial charge is 0.395 e. The van der Waals surface area contributed by atoms with Gasteiger partial charge in [-0.1, -0.05) is 39.0 Å². The average Bonchev–Trinajstić information content (AvgIpc) is 2.16. The maximum absolute atomic E-state index is 11.0. The normalized spacial score (nSPS) is 11.9. The Morgan fingerprint density at radius 2 is 1.67 bits per heavy atom. The molecule has 5 heteroatoms. The molecule has 0 bridgehead atoms. The standard InChI is InChI=1S/C10H22O4S/c1-2-3-4-5-6-7-9-14-15(12,13)10-8-11/h11H,2-10H2,1H3. The molecular formula is C10H22O4S. The molecular weight excluding hydrogens is 216 g/mol. The van der Waals surface area contributed by atoms with Crippen molar-refractivity contribution in [2.75, 3.05) is 19.0 Å². The molecule has 0 radical (unpaired) electrons. The predicted molar refractivity (Wildman–Crippen MR) is 60.2 cm³/mol. The Hall–Kier alpha value is -0.130. The van der Waals surface area contributed by atoms with Gasteiger partial charge in [0.25, 0.3) is 10.1 Å². The van der Waals surface area contributed by atoms with E-state index < -0.39 is 10.1 Å². The Bertz CT molecular complexity index is 224. The molecule has 92 valence electrons. The van der Waals surface area contributed by atoms with Gasteiger partial charge in [0.1, 0.15) is 0 Å². The molecule has 0 unspecified atom stereocenters. The summed E-state index contributed by atoms with van der Waals surface area (Å²) in [6, 6.07) is 0. The van der Waals surface area contributed by atoms with E-state index in [1.807, 2.05) is 0 Å². The second kappa shape index (κ2) is 9.12. The summed E-state index contributed by atoms with van der Waals surface area (Å²) < 4.78 is 26.7. The fourth-order valence-electron chi connectivity index (χ4n) is 1.24. The lowest BCUT2D eigenvalue weighted by molar-refractivity contribution is 0.285. The molecule has 0 aliphatic rings. The Kier molecular flexibility index (Phi) is 9.04. The number of aliphatic hydroxyl groups excluding tert-OH is 1. The predicted octanol–water partition coefficient (Wildman–Crippen LogP) is 1.69. The summed E-state index contributed by atoms with van der Waals surface area (Å²) in [4.78, 5) is 0. The van der Waals surface area contributed by atoms with Crippen LogP contribution in [0.1, 0.15) is 45.4 Å². The van der Waals surface area contributed by atoms with Gasteiger partial charge in [-0.2, -0.15) is 8.42 Å². The van der Waals surface area contributed by atoms with Crippen molar-refractivity contribution in [3.63, 3.8) is 0 Å². The van der Waals surface area contributed by atoms with E-state index in [9.17, 15) is 8.42 Å². The molecule has 0 aliphatic carbocycles. The molecule has 0 aliphatic heterocycles. The summed E-state index contributed by atoms with van der Waals surface area (Å²) in [5.41, 5.74) is 0. The van der Waals surface area contributed by atoms with Crippen LogP contribution in [0.2, 0.25) is 0 Å².